The molecule has 0 atom stereocenters. The van der Waals surface area contributed by atoms with Crippen molar-refractivity contribution < 1.29 is 13.7 Å². The molecule has 0 spiro atoms. The smallest absolute Gasteiger partial charge is 0.262 e. The van der Waals surface area contributed by atoms with Gasteiger partial charge >= 0.3 is 0 Å². The van der Waals surface area contributed by atoms with E-state index in [9.17, 15) is 9.18 Å². The molecule has 4 aromatic rings. The first-order valence-corrected chi connectivity index (χ1v) is 8.04. The molecule has 2 aromatic heterocycles. The molecule has 0 unspecified atom stereocenters. The Balaban J connectivity index is 1.68. The van der Waals surface area contributed by atoms with Gasteiger partial charge in [-0.2, -0.15) is 5.10 Å². The number of halogens is 1. The Morgan fingerprint density at radius 3 is 2.69 bits per heavy atom. The summed E-state index contributed by atoms with van der Waals surface area (Å²) in [7, 11) is 0. The molecule has 0 fully saturated rings. The molecule has 2 heterocycles. The minimum absolute atomic E-state index is 0.281. The first-order valence-electron chi connectivity index (χ1n) is 8.04. The molecule has 0 radical (unpaired) electrons. The first-order chi connectivity index (χ1) is 12.6. The van der Waals surface area contributed by atoms with Crippen molar-refractivity contribution in [3.05, 3.63) is 77.4 Å². The highest BCUT2D eigenvalue weighted by Crippen LogP contribution is 2.24. The molecule has 26 heavy (non-hydrogen) atoms. The molecule has 1 amide bonds. The van der Waals surface area contributed by atoms with Gasteiger partial charge in [-0.1, -0.05) is 29.4 Å². The van der Waals surface area contributed by atoms with Gasteiger partial charge in [0.05, 0.1) is 17.8 Å². The van der Waals surface area contributed by atoms with E-state index in [0.29, 0.717) is 23.6 Å². The summed E-state index contributed by atoms with van der Waals surface area (Å²) in [5.74, 6) is -0.162. The number of carbonyl (C=O) groups excluding carboxylic acids is 1. The van der Waals surface area contributed by atoms with Crippen LogP contribution < -0.4 is 5.32 Å². The number of benzene rings is 2. The third-order valence-corrected chi connectivity index (χ3v) is 4.13. The number of aryl methyl sites for hydroxylation is 1. The Hall–Kier alpha value is -3.48. The molecule has 4 rings (SSSR count). The Labute approximate surface area is 148 Å². The van der Waals surface area contributed by atoms with Gasteiger partial charge in [0, 0.05) is 5.39 Å². The first kappa shape index (κ1) is 16.0. The van der Waals surface area contributed by atoms with E-state index in [-0.39, 0.29) is 11.7 Å². The van der Waals surface area contributed by atoms with E-state index >= 15 is 0 Å². The number of nitrogens with zero attached hydrogens (tertiary/aromatic N) is 3. The topological polar surface area (TPSA) is 73.0 Å². The van der Waals surface area contributed by atoms with Crippen molar-refractivity contribution in [1.29, 1.82) is 0 Å². The van der Waals surface area contributed by atoms with Crippen LogP contribution in [0.4, 0.5) is 10.2 Å². The number of hydrogen-bond donors (Lipinski definition) is 1. The van der Waals surface area contributed by atoms with Crippen LogP contribution in [-0.4, -0.2) is 20.8 Å². The number of nitrogens with one attached hydrogen (secondary N) is 1. The zero-order chi connectivity index (χ0) is 18.1. The lowest BCUT2D eigenvalue weighted by Gasteiger charge is -2.03. The maximum atomic E-state index is 13.1. The highest BCUT2D eigenvalue weighted by molar-refractivity contribution is 6.08. The molecule has 2 aromatic carbocycles. The Kier molecular flexibility index (Phi) is 3.96. The zero-order valence-corrected chi connectivity index (χ0v) is 13.9. The second-order valence-electron chi connectivity index (χ2n) is 5.92. The van der Waals surface area contributed by atoms with Crippen LogP contribution in [-0.2, 0) is 6.54 Å². The number of hydrogen-bond acceptors (Lipinski definition) is 4. The molecule has 0 aliphatic carbocycles. The van der Waals surface area contributed by atoms with E-state index in [0.717, 1.165) is 16.5 Å². The lowest BCUT2D eigenvalue weighted by Crippen LogP contribution is -2.13. The lowest BCUT2D eigenvalue weighted by atomic mass is 10.2. The second-order valence-corrected chi connectivity index (χ2v) is 5.92. The average molecular weight is 350 g/mol. The third-order valence-electron chi connectivity index (χ3n) is 4.13. The summed E-state index contributed by atoms with van der Waals surface area (Å²) in [4.78, 5) is 12.4. The predicted molar refractivity (Wildman–Crippen MR) is 94.4 cm³/mol. The number of fused-ring (bicyclic) bond motifs is 1. The summed E-state index contributed by atoms with van der Waals surface area (Å²) < 4.78 is 19.7. The van der Waals surface area contributed by atoms with Crippen LogP contribution in [0, 0.1) is 12.7 Å². The van der Waals surface area contributed by atoms with Gasteiger partial charge in [-0.05, 0) is 36.8 Å². The molecular weight excluding hydrogens is 335 g/mol. The van der Waals surface area contributed by atoms with E-state index in [1.165, 1.54) is 18.4 Å². The van der Waals surface area contributed by atoms with Gasteiger partial charge < -0.3 is 9.84 Å². The Bertz CT molecular complexity index is 1080. The lowest BCUT2D eigenvalue weighted by molar-refractivity contribution is 0.102. The maximum Gasteiger partial charge on any atom is 0.262 e. The summed E-state index contributed by atoms with van der Waals surface area (Å²) >= 11 is 0. The highest BCUT2D eigenvalue weighted by Gasteiger charge is 2.17. The summed E-state index contributed by atoms with van der Waals surface area (Å²) in [5, 5.41) is 11.9. The van der Waals surface area contributed by atoms with Crippen molar-refractivity contribution in [2.75, 3.05) is 5.32 Å². The van der Waals surface area contributed by atoms with Crippen LogP contribution >= 0.6 is 0 Å². The number of rotatable bonds is 4. The monoisotopic (exact) mass is 350 g/mol. The van der Waals surface area contributed by atoms with Crippen molar-refractivity contribution in [2.45, 2.75) is 13.5 Å². The van der Waals surface area contributed by atoms with Gasteiger partial charge in [-0.15, -0.1) is 0 Å². The van der Waals surface area contributed by atoms with E-state index in [2.05, 4.69) is 15.6 Å². The largest absolute Gasteiger partial charge is 0.364 e. The molecule has 0 aliphatic rings. The summed E-state index contributed by atoms with van der Waals surface area (Å²) in [6.45, 7) is 2.16. The quantitative estimate of drug-likeness (QED) is 0.608. The van der Waals surface area contributed by atoms with Gasteiger partial charge in [-0.3, -0.25) is 9.48 Å². The van der Waals surface area contributed by atoms with Crippen LogP contribution in [0.2, 0.25) is 0 Å². The fourth-order valence-corrected chi connectivity index (χ4v) is 2.79. The number of carbonyl (C=O) groups is 1. The van der Waals surface area contributed by atoms with Crippen LogP contribution in [0.5, 0.6) is 0 Å². The summed E-state index contributed by atoms with van der Waals surface area (Å²) in [5.41, 5.74) is 2.65. The molecule has 0 saturated carbocycles. The summed E-state index contributed by atoms with van der Waals surface area (Å²) in [6, 6.07) is 13.9. The van der Waals surface area contributed by atoms with Crippen molar-refractivity contribution in [3.63, 3.8) is 0 Å². The van der Waals surface area contributed by atoms with Gasteiger partial charge in [0.2, 0.25) is 0 Å². The van der Waals surface area contributed by atoms with Crippen LogP contribution in [0.1, 0.15) is 21.6 Å². The SMILES string of the molecule is Cc1nocc1C(=O)Nc1nn(Cc2ccc(F)cc2)c2ccccc12. The number of anilines is 1. The minimum atomic E-state index is -0.332. The molecule has 7 heteroatoms. The zero-order valence-electron chi connectivity index (χ0n) is 13.9. The summed E-state index contributed by atoms with van der Waals surface area (Å²) in [6.07, 6.45) is 1.31. The molecule has 0 saturated heterocycles. The van der Waals surface area contributed by atoms with E-state index in [1.54, 1.807) is 23.7 Å². The van der Waals surface area contributed by atoms with Crippen molar-refractivity contribution in [3.8, 4) is 0 Å². The average Bonchev–Trinajstić information content (AvgIpc) is 3.22. The molecule has 130 valence electrons. The minimum Gasteiger partial charge on any atom is -0.364 e. The molecular formula is C19H15FN4O2. The Morgan fingerprint density at radius 1 is 1.19 bits per heavy atom. The number of para-hydroxylation sites is 1. The van der Waals surface area contributed by atoms with Crippen LogP contribution in [0.25, 0.3) is 10.9 Å². The van der Waals surface area contributed by atoms with Crippen molar-refractivity contribution in [2.24, 2.45) is 0 Å². The standard InChI is InChI=1S/C19H15FN4O2/c1-12-16(11-26-23-12)19(25)21-18-15-4-2-3-5-17(15)24(22-18)10-13-6-8-14(20)9-7-13/h2-9,11H,10H2,1H3,(H,21,22,25). The molecule has 0 aliphatic heterocycles. The van der Waals surface area contributed by atoms with E-state index in [4.69, 9.17) is 4.52 Å². The van der Waals surface area contributed by atoms with Gasteiger partial charge in [0.15, 0.2) is 5.82 Å². The maximum absolute atomic E-state index is 13.1. The van der Waals surface area contributed by atoms with Crippen LogP contribution in [0.3, 0.4) is 0 Å². The third kappa shape index (κ3) is 2.95. The fraction of sp³-hybridized carbons (Fsp3) is 0.105. The van der Waals surface area contributed by atoms with Crippen LogP contribution in [0.15, 0.2) is 59.3 Å². The second kappa shape index (κ2) is 6.44. The normalized spacial score (nSPS) is 11.0. The molecule has 0 bridgehead atoms. The van der Waals surface area contributed by atoms with E-state index in [1.807, 2.05) is 24.3 Å². The Morgan fingerprint density at radius 2 is 1.96 bits per heavy atom. The molecule has 1 N–H and O–H groups in total. The van der Waals surface area contributed by atoms with Gasteiger partial charge in [0.25, 0.3) is 5.91 Å². The van der Waals surface area contributed by atoms with Crippen molar-refractivity contribution >= 4 is 22.6 Å². The van der Waals surface area contributed by atoms with Gasteiger partial charge in [-0.25, -0.2) is 4.39 Å². The van der Waals surface area contributed by atoms with Gasteiger partial charge in [0.1, 0.15) is 17.6 Å². The van der Waals surface area contributed by atoms with E-state index < -0.39 is 0 Å². The number of amides is 1. The van der Waals surface area contributed by atoms with Crippen molar-refractivity contribution in [1.82, 2.24) is 14.9 Å². The molecule has 6 nitrogen and oxygen atoms in total. The predicted octanol–water partition coefficient (Wildman–Crippen LogP) is 3.77. The number of aromatic nitrogens is 3. The fourth-order valence-electron chi connectivity index (χ4n) is 2.79. The highest BCUT2D eigenvalue weighted by atomic mass is 19.1.